The number of amides is 1. The van der Waals surface area contributed by atoms with Crippen LogP contribution >= 0.6 is 0 Å². The number of nitrogens with zero attached hydrogens (tertiary/aromatic N) is 6. The van der Waals surface area contributed by atoms with Crippen molar-refractivity contribution in [3.05, 3.63) is 77.5 Å². The standard InChI is InChI=1S/C27H24F2N8O/c1-26(2)16-6-8-27(26,23-15(16)10-19(36-37-23)22-17(28)4-3-5-18(22)29)20-7-9-31-24(35-20)14-11-32-25(33-12-14)34-13-21(30)38/h3-5,7,9-12,16H,6,8,13H2,1-2H3,(H2,30,38)(H,32,33,34)/t16-,27+/m0/s1. The zero-order valence-corrected chi connectivity index (χ0v) is 20.7. The van der Waals surface area contributed by atoms with Crippen LogP contribution in [-0.4, -0.2) is 42.6 Å². The minimum absolute atomic E-state index is 0.0736. The molecule has 0 saturated heterocycles. The van der Waals surface area contributed by atoms with Crippen LogP contribution in [0.1, 0.15) is 49.6 Å². The first-order valence-electron chi connectivity index (χ1n) is 12.2. The maximum absolute atomic E-state index is 14.5. The van der Waals surface area contributed by atoms with Gasteiger partial charge in [0.1, 0.15) is 11.6 Å². The Bertz CT molecular complexity index is 1560. The summed E-state index contributed by atoms with van der Waals surface area (Å²) in [4.78, 5) is 28.8. The number of nitrogens with one attached hydrogen (secondary N) is 1. The van der Waals surface area contributed by atoms with Gasteiger partial charge in [0.05, 0.1) is 40.2 Å². The number of hydrogen-bond acceptors (Lipinski definition) is 8. The van der Waals surface area contributed by atoms with E-state index in [2.05, 4.69) is 44.3 Å². The molecule has 9 nitrogen and oxygen atoms in total. The fraction of sp³-hybridized carbons (Fsp3) is 0.296. The Labute approximate surface area is 217 Å². The van der Waals surface area contributed by atoms with Crippen molar-refractivity contribution in [1.29, 1.82) is 0 Å². The maximum Gasteiger partial charge on any atom is 0.236 e. The second-order valence-corrected chi connectivity index (χ2v) is 10.2. The molecule has 0 spiro atoms. The number of hydrogen-bond donors (Lipinski definition) is 2. The molecule has 1 saturated carbocycles. The predicted octanol–water partition coefficient (Wildman–Crippen LogP) is 3.77. The van der Waals surface area contributed by atoms with Gasteiger partial charge >= 0.3 is 0 Å². The molecule has 2 aliphatic carbocycles. The highest BCUT2D eigenvalue weighted by Crippen LogP contribution is 2.69. The number of aromatic nitrogens is 6. The average Bonchev–Trinajstić information content (AvgIpc) is 3.28. The molecule has 2 bridgehead atoms. The first-order valence-corrected chi connectivity index (χ1v) is 12.2. The summed E-state index contributed by atoms with van der Waals surface area (Å²) in [5.74, 6) is -1.02. The lowest BCUT2D eigenvalue weighted by Crippen LogP contribution is -2.38. The van der Waals surface area contributed by atoms with Crippen LogP contribution in [0.4, 0.5) is 14.7 Å². The van der Waals surface area contributed by atoms with Gasteiger partial charge in [0.15, 0.2) is 5.82 Å². The molecule has 3 aromatic heterocycles. The number of rotatable bonds is 6. The molecule has 2 aliphatic rings. The SMILES string of the molecule is CC1(C)[C@H]2CC[C@@]1(c1ccnc(-c3cnc(NCC(N)=O)nc3)n1)c1nnc(-c3c(F)cccc3F)cc12. The van der Waals surface area contributed by atoms with Crippen LogP contribution < -0.4 is 11.1 Å². The summed E-state index contributed by atoms with van der Waals surface area (Å²) in [5.41, 5.74) is 7.47. The Hall–Kier alpha value is -4.41. The van der Waals surface area contributed by atoms with Gasteiger partial charge in [-0.2, -0.15) is 5.10 Å². The van der Waals surface area contributed by atoms with Gasteiger partial charge in [0.25, 0.3) is 0 Å². The molecule has 3 heterocycles. The fourth-order valence-corrected chi connectivity index (χ4v) is 6.19. The third kappa shape index (κ3) is 3.45. The lowest BCUT2D eigenvalue weighted by atomic mass is 9.66. The van der Waals surface area contributed by atoms with Crippen molar-refractivity contribution in [2.75, 3.05) is 11.9 Å². The number of carbonyl (C=O) groups is 1. The number of fused-ring (bicyclic) bond motifs is 5. The summed E-state index contributed by atoms with van der Waals surface area (Å²) in [5, 5.41) is 11.6. The first kappa shape index (κ1) is 24.0. The molecular formula is C27H24F2N8O. The number of benzene rings is 1. The van der Waals surface area contributed by atoms with E-state index in [4.69, 9.17) is 10.7 Å². The molecule has 2 atom stereocenters. The van der Waals surface area contributed by atoms with Crippen LogP contribution in [0, 0.1) is 17.0 Å². The Morgan fingerprint density at radius 3 is 2.55 bits per heavy atom. The third-order valence-electron chi connectivity index (χ3n) is 8.02. The lowest BCUT2D eigenvalue weighted by Gasteiger charge is -2.37. The van der Waals surface area contributed by atoms with Crippen molar-refractivity contribution in [3.8, 4) is 22.6 Å². The van der Waals surface area contributed by atoms with Crippen LogP contribution in [-0.2, 0) is 10.2 Å². The van der Waals surface area contributed by atoms with Gasteiger partial charge in [-0.1, -0.05) is 19.9 Å². The highest BCUT2D eigenvalue weighted by atomic mass is 19.1. The molecule has 1 fully saturated rings. The molecule has 0 radical (unpaired) electrons. The average molecular weight is 515 g/mol. The largest absolute Gasteiger partial charge is 0.368 e. The van der Waals surface area contributed by atoms with E-state index < -0.39 is 23.0 Å². The van der Waals surface area contributed by atoms with E-state index in [1.165, 1.54) is 18.2 Å². The van der Waals surface area contributed by atoms with Gasteiger partial charge < -0.3 is 11.1 Å². The molecule has 11 heteroatoms. The lowest BCUT2D eigenvalue weighted by molar-refractivity contribution is -0.116. The van der Waals surface area contributed by atoms with Crippen LogP contribution in [0.3, 0.4) is 0 Å². The third-order valence-corrected chi connectivity index (χ3v) is 8.02. The Kier molecular flexibility index (Phi) is 5.41. The summed E-state index contributed by atoms with van der Waals surface area (Å²) in [7, 11) is 0. The second-order valence-electron chi connectivity index (χ2n) is 10.2. The van der Waals surface area contributed by atoms with Crippen LogP contribution in [0.2, 0.25) is 0 Å². The number of anilines is 1. The zero-order valence-electron chi connectivity index (χ0n) is 20.7. The Balaban J connectivity index is 1.41. The van der Waals surface area contributed by atoms with Gasteiger partial charge in [-0.15, -0.1) is 5.10 Å². The molecule has 38 heavy (non-hydrogen) atoms. The topological polar surface area (TPSA) is 132 Å². The summed E-state index contributed by atoms with van der Waals surface area (Å²) >= 11 is 0. The highest BCUT2D eigenvalue weighted by Gasteiger charge is 2.65. The van der Waals surface area contributed by atoms with Gasteiger partial charge in [-0.3, -0.25) is 4.79 Å². The van der Waals surface area contributed by atoms with Gasteiger partial charge in [-0.05, 0) is 54.0 Å². The van der Waals surface area contributed by atoms with E-state index in [9.17, 15) is 13.6 Å². The van der Waals surface area contributed by atoms with Crippen LogP contribution in [0.25, 0.3) is 22.6 Å². The van der Waals surface area contributed by atoms with E-state index in [1.54, 1.807) is 24.7 Å². The minimum Gasteiger partial charge on any atom is -0.368 e. The van der Waals surface area contributed by atoms with E-state index in [-0.39, 0.29) is 35.1 Å². The Morgan fingerprint density at radius 2 is 1.84 bits per heavy atom. The highest BCUT2D eigenvalue weighted by molar-refractivity contribution is 5.78. The van der Waals surface area contributed by atoms with Crippen molar-refractivity contribution in [1.82, 2.24) is 30.1 Å². The number of halogens is 2. The quantitative estimate of drug-likeness (QED) is 0.397. The number of primary amides is 1. The Morgan fingerprint density at radius 1 is 1.11 bits per heavy atom. The first-order chi connectivity index (χ1) is 18.2. The normalized spacial score (nSPS) is 20.8. The molecule has 1 amide bonds. The molecule has 6 rings (SSSR count). The minimum atomic E-state index is -0.671. The van der Waals surface area contributed by atoms with E-state index >= 15 is 0 Å². The van der Waals surface area contributed by atoms with Gasteiger partial charge in [0, 0.05) is 18.6 Å². The van der Waals surface area contributed by atoms with Crippen molar-refractivity contribution in [2.45, 2.75) is 38.0 Å². The zero-order chi connectivity index (χ0) is 26.7. The van der Waals surface area contributed by atoms with E-state index in [0.717, 1.165) is 29.8 Å². The summed E-state index contributed by atoms with van der Waals surface area (Å²) < 4.78 is 29.0. The van der Waals surface area contributed by atoms with Gasteiger partial charge in [-0.25, -0.2) is 28.7 Å². The van der Waals surface area contributed by atoms with Crippen molar-refractivity contribution < 1.29 is 13.6 Å². The molecule has 0 aliphatic heterocycles. The van der Waals surface area contributed by atoms with Crippen molar-refractivity contribution in [3.63, 3.8) is 0 Å². The van der Waals surface area contributed by atoms with Gasteiger partial charge in [0.2, 0.25) is 11.9 Å². The molecule has 4 aromatic rings. The summed E-state index contributed by atoms with van der Waals surface area (Å²) in [6.07, 6.45) is 6.54. The monoisotopic (exact) mass is 514 g/mol. The molecule has 192 valence electrons. The number of carbonyl (C=O) groups excluding carboxylic acids is 1. The predicted molar refractivity (Wildman–Crippen MR) is 135 cm³/mol. The van der Waals surface area contributed by atoms with Crippen molar-refractivity contribution in [2.24, 2.45) is 11.1 Å². The van der Waals surface area contributed by atoms with Crippen LogP contribution in [0.15, 0.2) is 48.9 Å². The molecular weight excluding hydrogens is 490 g/mol. The van der Waals surface area contributed by atoms with E-state index in [1.807, 2.05) is 6.07 Å². The molecule has 1 aromatic carbocycles. The molecule has 3 N–H and O–H groups in total. The number of nitrogens with two attached hydrogens (primary N) is 1. The van der Waals surface area contributed by atoms with E-state index in [0.29, 0.717) is 11.4 Å². The smallest absolute Gasteiger partial charge is 0.236 e. The molecule has 0 unspecified atom stereocenters. The fourth-order valence-electron chi connectivity index (χ4n) is 6.19. The summed E-state index contributed by atoms with van der Waals surface area (Å²) in [6, 6.07) is 7.44. The summed E-state index contributed by atoms with van der Waals surface area (Å²) in [6.45, 7) is 4.29. The second kappa shape index (κ2) is 8.57. The van der Waals surface area contributed by atoms with Crippen molar-refractivity contribution >= 4 is 11.9 Å². The van der Waals surface area contributed by atoms with Crippen LogP contribution in [0.5, 0.6) is 0 Å². The maximum atomic E-state index is 14.5.